The lowest BCUT2D eigenvalue weighted by Crippen LogP contribution is -2.33. The normalized spacial score (nSPS) is 16.0. The maximum Gasteiger partial charge on any atom is 0.335 e. The molecule has 0 radical (unpaired) electrons. The Bertz CT molecular complexity index is 1180. The highest BCUT2D eigenvalue weighted by atomic mass is 16.4. The van der Waals surface area contributed by atoms with Crippen molar-refractivity contribution in [2.24, 2.45) is 0 Å². The molecular formula is C31H37NO3. The van der Waals surface area contributed by atoms with Crippen LogP contribution >= 0.6 is 0 Å². The number of phenolic OH excluding ortho intramolecular Hbond substituents is 1. The standard InChI is InChI=1S/C25H30O2.C6H7NO/c1-6-18(15-17-7-9-19(10-8-17)23(26)27)20-11-12-21-22(16-20)25(4,5)14-13-24(21,2)3;7-5-1-3-6(8)4-2-5/h7-12,15-16H,6,13-14H2,1-5H3,(H,26,27);1-4,8H,7H2. The molecule has 4 heteroatoms. The molecule has 35 heavy (non-hydrogen) atoms. The first kappa shape index (κ1) is 26.1. The topological polar surface area (TPSA) is 83.5 Å². The summed E-state index contributed by atoms with van der Waals surface area (Å²) in [5, 5.41) is 17.8. The largest absolute Gasteiger partial charge is 0.508 e. The number of rotatable bonds is 4. The van der Waals surface area contributed by atoms with Crippen molar-refractivity contribution in [1.82, 2.24) is 0 Å². The average Bonchev–Trinajstić information content (AvgIpc) is 2.83. The molecule has 184 valence electrons. The van der Waals surface area contributed by atoms with E-state index in [-0.39, 0.29) is 16.6 Å². The van der Waals surface area contributed by atoms with Gasteiger partial charge in [-0.3, -0.25) is 0 Å². The molecule has 3 aromatic carbocycles. The van der Waals surface area contributed by atoms with E-state index in [0.717, 1.165) is 12.0 Å². The summed E-state index contributed by atoms with van der Waals surface area (Å²) in [7, 11) is 0. The summed E-state index contributed by atoms with van der Waals surface area (Å²) in [6, 6.07) is 20.5. The number of benzene rings is 3. The third-order valence-corrected chi connectivity index (χ3v) is 7.00. The van der Waals surface area contributed by atoms with Crippen molar-refractivity contribution in [3.8, 4) is 5.75 Å². The molecular weight excluding hydrogens is 434 g/mol. The molecule has 4 nitrogen and oxygen atoms in total. The van der Waals surface area contributed by atoms with Crippen molar-refractivity contribution < 1.29 is 15.0 Å². The molecule has 0 aromatic heterocycles. The van der Waals surface area contributed by atoms with E-state index in [1.165, 1.54) is 35.1 Å². The van der Waals surface area contributed by atoms with Crippen LogP contribution in [0.1, 0.15) is 86.5 Å². The molecule has 0 saturated carbocycles. The van der Waals surface area contributed by atoms with Gasteiger partial charge in [0, 0.05) is 5.69 Å². The number of phenols is 1. The smallest absolute Gasteiger partial charge is 0.335 e. The van der Waals surface area contributed by atoms with Gasteiger partial charge in [0.25, 0.3) is 0 Å². The zero-order chi connectivity index (χ0) is 25.8. The predicted octanol–water partition coefficient (Wildman–Crippen LogP) is 7.66. The third kappa shape index (κ3) is 6.33. The molecule has 1 aliphatic rings. The Labute approximate surface area is 209 Å². The quantitative estimate of drug-likeness (QED) is 0.207. The molecule has 0 fully saturated rings. The molecule has 3 aromatic rings. The molecule has 0 unspecified atom stereocenters. The number of aromatic hydroxyl groups is 1. The van der Waals surface area contributed by atoms with Gasteiger partial charge in [-0.15, -0.1) is 0 Å². The first-order chi connectivity index (χ1) is 16.4. The average molecular weight is 472 g/mol. The zero-order valence-corrected chi connectivity index (χ0v) is 21.4. The summed E-state index contributed by atoms with van der Waals surface area (Å²) in [6.45, 7) is 11.6. The van der Waals surface area contributed by atoms with Crippen LogP contribution in [0, 0.1) is 0 Å². The van der Waals surface area contributed by atoms with Gasteiger partial charge < -0.3 is 15.9 Å². The van der Waals surface area contributed by atoms with Crippen molar-refractivity contribution in [2.75, 3.05) is 5.73 Å². The van der Waals surface area contributed by atoms with E-state index in [0.29, 0.717) is 11.3 Å². The third-order valence-electron chi connectivity index (χ3n) is 7.00. The van der Waals surface area contributed by atoms with Crippen LogP contribution in [0.4, 0.5) is 5.69 Å². The number of anilines is 1. The highest BCUT2D eigenvalue weighted by Gasteiger charge is 2.36. The van der Waals surface area contributed by atoms with Gasteiger partial charge in [-0.2, -0.15) is 0 Å². The van der Waals surface area contributed by atoms with Crippen molar-refractivity contribution in [2.45, 2.75) is 64.7 Å². The maximum atomic E-state index is 11.0. The van der Waals surface area contributed by atoms with Crippen LogP contribution < -0.4 is 5.73 Å². The SMILES string of the molecule is CCC(=Cc1ccc(C(=O)O)cc1)c1ccc2c(c1)C(C)(C)CCC2(C)C.Nc1ccc(O)cc1. The van der Waals surface area contributed by atoms with Gasteiger partial charge >= 0.3 is 5.97 Å². The van der Waals surface area contributed by atoms with Gasteiger partial charge in [0.05, 0.1) is 5.56 Å². The summed E-state index contributed by atoms with van der Waals surface area (Å²) < 4.78 is 0. The van der Waals surface area contributed by atoms with Crippen molar-refractivity contribution in [3.63, 3.8) is 0 Å². The molecule has 4 N–H and O–H groups in total. The number of fused-ring (bicyclic) bond motifs is 1. The van der Waals surface area contributed by atoms with Crippen molar-refractivity contribution in [3.05, 3.63) is 94.5 Å². The lowest BCUT2D eigenvalue weighted by atomic mass is 9.63. The summed E-state index contributed by atoms with van der Waals surface area (Å²) in [5.74, 6) is -0.639. The molecule has 0 aliphatic heterocycles. The van der Waals surface area contributed by atoms with Crippen LogP contribution in [0.5, 0.6) is 5.75 Å². The van der Waals surface area contributed by atoms with Crippen LogP contribution in [-0.2, 0) is 10.8 Å². The highest BCUT2D eigenvalue weighted by molar-refractivity contribution is 5.88. The number of allylic oxidation sites excluding steroid dienone is 1. The number of aromatic carboxylic acids is 1. The van der Waals surface area contributed by atoms with E-state index in [1.807, 2.05) is 12.1 Å². The van der Waals surface area contributed by atoms with Gasteiger partial charge in [0.1, 0.15) is 5.75 Å². The molecule has 4 rings (SSSR count). The number of hydrogen-bond donors (Lipinski definition) is 3. The van der Waals surface area contributed by atoms with Crippen LogP contribution in [0.25, 0.3) is 11.6 Å². The fraction of sp³-hybridized carbons (Fsp3) is 0.323. The Morgan fingerprint density at radius 1 is 0.857 bits per heavy atom. The number of nitrogen functional groups attached to an aromatic ring is 1. The van der Waals surface area contributed by atoms with Crippen LogP contribution in [-0.4, -0.2) is 16.2 Å². The second kappa shape index (κ2) is 10.4. The predicted molar refractivity (Wildman–Crippen MR) is 146 cm³/mol. The monoisotopic (exact) mass is 471 g/mol. The second-order valence-corrected chi connectivity index (χ2v) is 10.6. The fourth-order valence-corrected chi connectivity index (χ4v) is 4.58. The fourth-order valence-electron chi connectivity index (χ4n) is 4.58. The summed E-state index contributed by atoms with van der Waals surface area (Å²) in [4.78, 5) is 11.0. The number of nitrogens with two attached hydrogens (primary N) is 1. The minimum atomic E-state index is -0.888. The maximum absolute atomic E-state index is 11.0. The summed E-state index contributed by atoms with van der Waals surface area (Å²) in [6.07, 6.45) is 5.54. The zero-order valence-electron chi connectivity index (χ0n) is 21.4. The molecule has 0 bridgehead atoms. The lowest BCUT2D eigenvalue weighted by Gasteiger charge is -2.42. The molecule has 0 spiro atoms. The molecule has 0 saturated heterocycles. The van der Waals surface area contributed by atoms with E-state index in [1.54, 1.807) is 36.4 Å². The van der Waals surface area contributed by atoms with Crippen LogP contribution in [0.15, 0.2) is 66.7 Å². The van der Waals surface area contributed by atoms with Gasteiger partial charge in [0.15, 0.2) is 0 Å². The van der Waals surface area contributed by atoms with Crippen molar-refractivity contribution in [1.29, 1.82) is 0 Å². The Morgan fingerprint density at radius 2 is 1.40 bits per heavy atom. The number of carbonyl (C=O) groups is 1. The van der Waals surface area contributed by atoms with E-state index in [4.69, 9.17) is 15.9 Å². The Kier molecular flexibility index (Phi) is 7.74. The number of carboxylic acids is 1. The molecule has 1 aliphatic carbocycles. The molecule has 0 atom stereocenters. The Hall–Kier alpha value is -3.53. The van der Waals surface area contributed by atoms with Crippen LogP contribution in [0.3, 0.4) is 0 Å². The van der Waals surface area contributed by atoms with Crippen molar-refractivity contribution >= 4 is 23.3 Å². The minimum absolute atomic E-state index is 0.197. The summed E-state index contributed by atoms with van der Waals surface area (Å²) >= 11 is 0. The molecule has 0 heterocycles. The van der Waals surface area contributed by atoms with Crippen LogP contribution in [0.2, 0.25) is 0 Å². The van der Waals surface area contributed by atoms with Gasteiger partial charge in [0.2, 0.25) is 0 Å². The Morgan fingerprint density at radius 3 is 1.91 bits per heavy atom. The minimum Gasteiger partial charge on any atom is -0.508 e. The second-order valence-electron chi connectivity index (χ2n) is 10.6. The number of hydrogen-bond acceptors (Lipinski definition) is 3. The van der Waals surface area contributed by atoms with E-state index >= 15 is 0 Å². The first-order valence-electron chi connectivity index (χ1n) is 12.2. The van der Waals surface area contributed by atoms with Gasteiger partial charge in [-0.25, -0.2) is 4.79 Å². The lowest BCUT2D eigenvalue weighted by molar-refractivity contribution is 0.0697. The first-order valence-corrected chi connectivity index (χ1v) is 12.2. The van der Waals surface area contributed by atoms with E-state index in [2.05, 4.69) is 58.9 Å². The highest BCUT2D eigenvalue weighted by Crippen LogP contribution is 2.46. The summed E-state index contributed by atoms with van der Waals surface area (Å²) in [5.41, 5.74) is 13.3. The Balaban J connectivity index is 0.000000363. The van der Waals surface area contributed by atoms with E-state index in [9.17, 15) is 4.79 Å². The van der Waals surface area contributed by atoms with Gasteiger partial charge in [-0.05, 0) is 94.3 Å². The van der Waals surface area contributed by atoms with Gasteiger partial charge in [-0.1, -0.05) is 71.0 Å². The van der Waals surface area contributed by atoms with E-state index < -0.39 is 5.97 Å². The molecule has 0 amide bonds. The number of carboxylic acid groups (broad SMARTS) is 1.